The molecule has 6 rings (SSSR count). The van der Waals surface area contributed by atoms with Gasteiger partial charge >= 0.3 is 0 Å². The van der Waals surface area contributed by atoms with E-state index in [1.807, 2.05) is 34.1 Å². The van der Waals surface area contributed by atoms with Crippen LogP contribution >= 0.6 is 0 Å². The Hall–Kier alpha value is -3.29. The van der Waals surface area contributed by atoms with E-state index in [9.17, 15) is 18.8 Å². The molecule has 34 heavy (non-hydrogen) atoms. The molecule has 176 valence electrons. The molecule has 2 atom stereocenters. The van der Waals surface area contributed by atoms with Crippen LogP contribution in [0, 0.1) is 11.8 Å². The van der Waals surface area contributed by atoms with Gasteiger partial charge in [0.05, 0.1) is 0 Å². The standard InChI is InChI=1S/C26H27FN4O3/c27-24-20-13-22(32)28-14-19-11-18(12-21(29-24)23(19)20)15-1-3-16(4-2-15)25(33)30-7-9-31(10-8-30)26(34)17-5-6-17/h1-4,13,17-19H,5-12,14H2,(H,28,32). The molecule has 3 aliphatic heterocycles. The Balaban J connectivity index is 1.13. The quantitative estimate of drug-likeness (QED) is 0.750. The molecule has 2 fully saturated rings. The number of nitrogens with zero attached hydrogens (tertiary/aromatic N) is 3. The van der Waals surface area contributed by atoms with Crippen molar-refractivity contribution in [1.29, 1.82) is 0 Å². The molecule has 5 aliphatic rings. The van der Waals surface area contributed by atoms with E-state index in [0.717, 1.165) is 36.1 Å². The van der Waals surface area contributed by atoms with Gasteiger partial charge in [0.15, 0.2) is 0 Å². The van der Waals surface area contributed by atoms with Crippen molar-refractivity contribution < 1.29 is 18.8 Å². The summed E-state index contributed by atoms with van der Waals surface area (Å²) in [4.78, 5) is 45.1. The zero-order chi connectivity index (χ0) is 23.4. The molecule has 1 aromatic rings. The third-order valence-electron chi connectivity index (χ3n) is 7.71. The molecular weight excluding hydrogens is 435 g/mol. The lowest BCUT2D eigenvalue weighted by atomic mass is 9.75. The first-order valence-corrected chi connectivity index (χ1v) is 12.1. The summed E-state index contributed by atoms with van der Waals surface area (Å²) in [5.74, 6) is -0.222. The molecule has 2 aliphatic carbocycles. The summed E-state index contributed by atoms with van der Waals surface area (Å²) >= 11 is 0. The monoisotopic (exact) mass is 462 g/mol. The highest BCUT2D eigenvalue weighted by Crippen LogP contribution is 2.46. The number of carbonyl (C=O) groups is 3. The van der Waals surface area contributed by atoms with Gasteiger partial charge in [0.1, 0.15) is 0 Å². The Labute approximate surface area is 197 Å². The van der Waals surface area contributed by atoms with Crippen LogP contribution in [0.15, 0.2) is 52.2 Å². The first-order valence-electron chi connectivity index (χ1n) is 12.1. The van der Waals surface area contributed by atoms with E-state index in [2.05, 4.69) is 10.3 Å². The molecule has 7 nitrogen and oxygen atoms in total. The van der Waals surface area contributed by atoms with Crippen LogP contribution in [0.25, 0.3) is 0 Å². The smallest absolute Gasteiger partial charge is 0.253 e. The van der Waals surface area contributed by atoms with Gasteiger partial charge in [0.2, 0.25) is 17.8 Å². The van der Waals surface area contributed by atoms with Gasteiger partial charge in [0, 0.05) is 67.5 Å². The summed E-state index contributed by atoms with van der Waals surface area (Å²) in [7, 11) is 0. The minimum Gasteiger partial charge on any atom is -0.352 e. The van der Waals surface area contributed by atoms with E-state index in [-0.39, 0.29) is 35.5 Å². The lowest BCUT2D eigenvalue weighted by Crippen LogP contribution is -2.51. The highest BCUT2D eigenvalue weighted by molar-refractivity contribution is 6.07. The first-order chi connectivity index (χ1) is 16.5. The third kappa shape index (κ3) is 3.75. The average molecular weight is 463 g/mol. The number of aliphatic imine (C=N–C) groups is 1. The predicted octanol–water partition coefficient (Wildman–Crippen LogP) is 2.57. The minimum absolute atomic E-state index is 0.0116. The number of rotatable bonds is 3. The topological polar surface area (TPSA) is 82.1 Å². The number of halogens is 1. The molecule has 1 saturated heterocycles. The van der Waals surface area contributed by atoms with E-state index in [1.54, 1.807) is 0 Å². The second kappa shape index (κ2) is 8.18. The van der Waals surface area contributed by atoms with Crippen molar-refractivity contribution in [3.8, 4) is 0 Å². The van der Waals surface area contributed by atoms with Crippen LogP contribution in [0.3, 0.4) is 0 Å². The molecule has 2 unspecified atom stereocenters. The first kappa shape index (κ1) is 21.3. The van der Waals surface area contributed by atoms with Crippen LogP contribution in [0.2, 0.25) is 0 Å². The Kier molecular flexibility index (Phi) is 5.12. The molecule has 3 amide bonds. The van der Waals surface area contributed by atoms with Crippen molar-refractivity contribution in [1.82, 2.24) is 15.1 Å². The van der Waals surface area contributed by atoms with Crippen molar-refractivity contribution in [3.05, 3.63) is 58.3 Å². The minimum atomic E-state index is -0.562. The number of hydrogen-bond donors (Lipinski definition) is 1. The Morgan fingerprint density at radius 1 is 1.00 bits per heavy atom. The molecule has 1 saturated carbocycles. The average Bonchev–Trinajstić information content (AvgIpc) is 3.67. The largest absolute Gasteiger partial charge is 0.352 e. The fourth-order valence-electron chi connectivity index (χ4n) is 5.68. The number of hydrogen-bond acceptors (Lipinski definition) is 4. The summed E-state index contributed by atoms with van der Waals surface area (Å²) in [5, 5.41) is 2.86. The second-order valence-electron chi connectivity index (χ2n) is 9.91. The molecule has 0 radical (unpaired) electrons. The summed E-state index contributed by atoms with van der Waals surface area (Å²) < 4.78 is 14.4. The fraction of sp³-hybridized carbons (Fsp3) is 0.462. The van der Waals surface area contributed by atoms with Gasteiger partial charge in [-0.05, 0) is 54.9 Å². The number of amides is 3. The van der Waals surface area contributed by atoms with Gasteiger partial charge in [-0.15, -0.1) is 0 Å². The van der Waals surface area contributed by atoms with Gasteiger partial charge in [-0.3, -0.25) is 14.4 Å². The number of carbonyl (C=O) groups excluding carboxylic acids is 3. The lowest BCUT2D eigenvalue weighted by Gasteiger charge is -2.35. The number of allylic oxidation sites excluding steroid dienone is 2. The third-order valence-corrected chi connectivity index (χ3v) is 7.71. The second-order valence-corrected chi connectivity index (χ2v) is 9.91. The summed E-state index contributed by atoms with van der Waals surface area (Å²) in [5.41, 5.74) is 3.68. The molecule has 0 bridgehead atoms. The zero-order valence-electron chi connectivity index (χ0n) is 18.9. The van der Waals surface area contributed by atoms with E-state index in [1.165, 1.54) is 6.08 Å². The van der Waals surface area contributed by atoms with Crippen LogP contribution in [-0.2, 0) is 9.59 Å². The van der Waals surface area contributed by atoms with Crippen LogP contribution in [0.1, 0.15) is 47.5 Å². The van der Waals surface area contributed by atoms with Crippen molar-refractivity contribution in [2.24, 2.45) is 16.8 Å². The summed E-state index contributed by atoms with van der Waals surface area (Å²) in [6, 6.07) is 7.69. The van der Waals surface area contributed by atoms with Gasteiger partial charge in [0.25, 0.3) is 5.91 Å². The summed E-state index contributed by atoms with van der Waals surface area (Å²) in [6.07, 6.45) is 4.74. The maximum absolute atomic E-state index is 14.4. The van der Waals surface area contributed by atoms with Crippen molar-refractivity contribution >= 4 is 23.7 Å². The summed E-state index contributed by atoms with van der Waals surface area (Å²) in [6.45, 7) is 2.80. The molecule has 1 N–H and O–H groups in total. The highest BCUT2D eigenvalue weighted by atomic mass is 19.1. The maximum Gasteiger partial charge on any atom is 0.253 e. The molecule has 8 heteroatoms. The molecule has 0 aromatic heterocycles. The van der Waals surface area contributed by atoms with Crippen LogP contribution in [0.5, 0.6) is 0 Å². The van der Waals surface area contributed by atoms with Crippen molar-refractivity contribution in [2.75, 3.05) is 32.7 Å². The highest BCUT2D eigenvalue weighted by Gasteiger charge is 2.39. The van der Waals surface area contributed by atoms with E-state index in [4.69, 9.17) is 0 Å². The van der Waals surface area contributed by atoms with E-state index >= 15 is 0 Å². The van der Waals surface area contributed by atoms with Gasteiger partial charge in [-0.25, -0.2) is 4.99 Å². The Morgan fingerprint density at radius 3 is 2.41 bits per heavy atom. The van der Waals surface area contributed by atoms with Crippen LogP contribution < -0.4 is 5.32 Å². The predicted molar refractivity (Wildman–Crippen MR) is 124 cm³/mol. The fourth-order valence-corrected chi connectivity index (χ4v) is 5.68. The lowest BCUT2D eigenvalue weighted by molar-refractivity contribution is -0.134. The van der Waals surface area contributed by atoms with Crippen molar-refractivity contribution in [3.63, 3.8) is 0 Å². The van der Waals surface area contributed by atoms with E-state index < -0.39 is 5.97 Å². The number of nitrogens with one attached hydrogen (secondary N) is 1. The molecule has 0 spiro atoms. The van der Waals surface area contributed by atoms with Crippen LogP contribution in [-0.4, -0.2) is 66.2 Å². The molecular formula is C26H27FN4O3. The SMILES string of the molecule is O=C1C=C2C(F)=NC3=C2C(CN1)CC(c1ccc(C(=O)N2CCN(C(=O)C4CC4)CC2)cc1)C3. The molecule has 3 heterocycles. The Bertz CT molecular complexity index is 1160. The normalized spacial score (nSPS) is 26.4. The van der Waals surface area contributed by atoms with Gasteiger partial charge in [-0.2, -0.15) is 4.39 Å². The van der Waals surface area contributed by atoms with Crippen molar-refractivity contribution in [2.45, 2.75) is 31.6 Å². The maximum atomic E-state index is 14.4. The number of piperazine rings is 1. The zero-order valence-corrected chi connectivity index (χ0v) is 18.9. The number of benzene rings is 1. The van der Waals surface area contributed by atoms with E-state index in [0.29, 0.717) is 50.3 Å². The molecule has 1 aromatic carbocycles. The van der Waals surface area contributed by atoms with Gasteiger partial charge < -0.3 is 15.1 Å². The Morgan fingerprint density at radius 2 is 1.71 bits per heavy atom. The van der Waals surface area contributed by atoms with Crippen LogP contribution in [0.4, 0.5) is 4.39 Å². The van der Waals surface area contributed by atoms with Gasteiger partial charge in [-0.1, -0.05) is 12.1 Å².